The second-order valence-electron chi connectivity index (χ2n) is 20.5. The van der Waals surface area contributed by atoms with Gasteiger partial charge in [0.1, 0.15) is 0 Å². The van der Waals surface area contributed by atoms with Crippen molar-refractivity contribution in [2.24, 2.45) is 48.7 Å². The van der Waals surface area contributed by atoms with E-state index >= 15 is 0 Å². The number of hydrogen-bond donors (Lipinski definition) is 0. The SMILES string of the molecule is CC1=C(C)C(C)(C)[C@@]2(C)[C@@H]1OC(C)C2(C)C.CC1=C(C)C(C)(C)[C@@]2(C)[C@@H]1O[C@@H](C)C2(C)C.CC1=C(C)C(C)(C)[C@@]2(C)[C@@H]1O[CH-]C2(C)C.[Y]. The molecule has 0 amide bonds. The maximum absolute atomic E-state index is 6.26. The molecule has 1 radical (unpaired) electrons. The van der Waals surface area contributed by atoms with Gasteiger partial charge in [-0.2, -0.15) is 0 Å². The third-order valence-corrected chi connectivity index (χ3v) is 18.5. The first-order chi connectivity index (χ1) is 20.8. The van der Waals surface area contributed by atoms with Crippen LogP contribution in [0.3, 0.4) is 0 Å². The van der Waals surface area contributed by atoms with Crippen LogP contribution in [0.5, 0.6) is 0 Å². The van der Waals surface area contributed by atoms with E-state index in [1.54, 1.807) is 0 Å². The molecule has 6 rings (SSSR count). The molecule has 0 aromatic rings. The Morgan fingerprint density at radius 3 is 0.979 bits per heavy atom. The molecule has 3 saturated heterocycles. The van der Waals surface area contributed by atoms with E-state index in [2.05, 4.69) is 166 Å². The molecule has 0 aromatic carbocycles. The van der Waals surface area contributed by atoms with Gasteiger partial charge in [-0.3, -0.25) is 0 Å². The van der Waals surface area contributed by atoms with Gasteiger partial charge in [0.25, 0.3) is 0 Å². The van der Waals surface area contributed by atoms with Gasteiger partial charge < -0.3 is 14.2 Å². The molecule has 273 valence electrons. The second kappa shape index (κ2) is 12.1. The van der Waals surface area contributed by atoms with Gasteiger partial charge in [-0.05, 0) is 105 Å². The standard InChI is InChI=1S/2C15H26O.C14H23O.Y/c2*1-9-10(2)13(4,5)15(8)12(9)16-11(3)14(15,6)7;1-9-10(2)13(5,6)14(7)11(9)15-8-12(14,3)4;/h2*11-12H,1-8H3;8,11H,1-7H3;/q;;-1;/t11?,12-,15-;11-,12+,15+;11-,14+;/m101./s1. The Labute approximate surface area is 323 Å². The molecule has 48 heavy (non-hydrogen) atoms. The molecule has 3 aliphatic carbocycles. The molecule has 0 saturated carbocycles. The average Bonchev–Trinajstić information content (AvgIpc) is 3.54. The van der Waals surface area contributed by atoms with Crippen molar-refractivity contribution in [3.05, 3.63) is 40.0 Å². The van der Waals surface area contributed by atoms with Crippen LogP contribution in [0.4, 0.5) is 0 Å². The molecule has 0 bridgehead atoms. The van der Waals surface area contributed by atoms with Crippen molar-refractivity contribution in [3.8, 4) is 0 Å². The summed E-state index contributed by atoms with van der Waals surface area (Å²) in [5, 5.41) is 0. The van der Waals surface area contributed by atoms with Crippen molar-refractivity contribution in [2.45, 2.75) is 190 Å². The molecule has 3 nitrogen and oxygen atoms in total. The van der Waals surface area contributed by atoms with E-state index in [0.717, 1.165) is 0 Å². The zero-order valence-corrected chi connectivity index (χ0v) is 38.6. The summed E-state index contributed by atoms with van der Waals surface area (Å²) < 4.78 is 18.5. The van der Waals surface area contributed by atoms with Gasteiger partial charge in [-0.1, -0.05) is 121 Å². The summed E-state index contributed by atoms with van der Waals surface area (Å²) in [5.74, 6) is 0. The summed E-state index contributed by atoms with van der Waals surface area (Å²) in [5.41, 5.74) is 10.8. The van der Waals surface area contributed by atoms with Crippen LogP contribution in [-0.4, -0.2) is 30.5 Å². The molecule has 4 heteroatoms. The van der Waals surface area contributed by atoms with Crippen LogP contribution in [0.2, 0.25) is 0 Å². The van der Waals surface area contributed by atoms with Gasteiger partial charge >= 0.3 is 0 Å². The van der Waals surface area contributed by atoms with Crippen LogP contribution < -0.4 is 0 Å². The maximum Gasteiger partial charge on any atom is 0.0856 e. The van der Waals surface area contributed by atoms with Gasteiger partial charge in [-0.25, -0.2) is 6.61 Å². The van der Waals surface area contributed by atoms with E-state index in [1.165, 1.54) is 33.4 Å². The number of allylic oxidation sites excluding steroid dienone is 3. The fourth-order valence-corrected chi connectivity index (χ4v) is 11.6. The zero-order chi connectivity index (χ0) is 36.7. The van der Waals surface area contributed by atoms with Crippen LogP contribution in [0, 0.1) is 55.3 Å². The first-order valence-electron chi connectivity index (χ1n) is 18.7. The predicted molar refractivity (Wildman–Crippen MR) is 200 cm³/mol. The Bertz CT molecular complexity index is 1330. The molecular formula is C44H75O3Y-. The number of fused-ring (bicyclic) bond motifs is 3. The van der Waals surface area contributed by atoms with E-state index < -0.39 is 0 Å². The smallest absolute Gasteiger partial charge is 0.0856 e. The van der Waals surface area contributed by atoms with E-state index in [1.807, 2.05) is 0 Å². The Morgan fingerprint density at radius 1 is 0.438 bits per heavy atom. The van der Waals surface area contributed by atoms with E-state index in [0.29, 0.717) is 24.4 Å². The quantitative estimate of drug-likeness (QED) is 0.183. The Hall–Kier alpha value is 0.204. The number of hydrogen-bond acceptors (Lipinski definition) is 3. The molecule has 0 N–H and O–H groups in total. The van der Waals surface area contributed by atoms with Crippen molar-refractivity contribution in [3.63, 3.8) is 0 Å². The predicted octanol–water partition coefficient (Wildman–Crippen LogP) is 12.3. The molecule has 6 aliphatic rings. The zero-order valence-electron chi connectivity index (χ0n) is 35.8. The second-order valence-corrected chi connectivity index (χ2v) is 20.5. The first kappa shape index (κ1) is 42.6. The number of ether oxygens (including phenoxy) is 3. The van der Waals surface area contributed by atoms with Crippen LogP contribution in [0.1, 0.15) is 159 Å². The molecule has 0 spiro atoms. The number of rotatable bonds is 0. The summed E-state index contributed by atoms with van der Waals surface area (Å²) in [7, 11) is 0. The van der Waals surface area contributed by atoms with Crippen LogP contribution in [-0.2, 0) is 46.9 Å². The van der Waals surface area contributed by atoms with Gasteiger partial charge in [0.2, 0.25) is 0 Å². The van der Waals surface area contributed by atoms with Crippen LogP contribution in [0.25, 0.3) is 0 Å². The molecule has 3 fully saturated rings. The molecule has 3 aliphatic heterocycles. The summed E-state index contributed by atoms with van der Waals surface area (Å²) in [6.07, 6.45) is 1.58. The van der Waals surface area contributed by atoms with E-state index in [4.69, 9.17) is 14.2 Å². The fourth-order valence-electron chi connectivity index (χ4n) is 11.6. The van der Waals surface area contributed by atoms with Crippen LogP contribution in [0.15, 0.2) is 33.4 Å². The monoisotopic (exact) mass is 740 g/mol. The molecule has 3 heterocycles. The topological polar surface area (TPSA) is 27.7 Å². The van der Waals surface area contributed by atoms with Gasteiger partial charge in [0, 0.05) is 49.6 Å². The van der Waals surface area contributed by atoms with E-state index in [-0.39, 0.29) is 87.5 Å². The fraction of sp³-hybridized carbons (Fsp3) is 0.841. The normalized spacial score (nSPS) is 43.2. The summed E-state index contributed by atoms with van der Waals surface area (Å²) in [6, 6.07) is 0. The Kier molecular flexibility index (Phi) is 10.8. The maximum atomic E-state index is 6.26. The van der Waals surface area contributed by atoms with Gasteiger partial charge in [0.15, 0.2) is 0 Å². The molecule has 8 atom stereocenters. The average molecular weight is 741 g/mol. The third-order valence-electron chi connectivity index (χ3n) is 18.5. The molecular weight excluding hydrogens is 665 g/mol. The van der Waals surface area contributed by atoms with Gasteiger partial charge in [-0.15, -0.1) is 5.41 Å². The third kappa shape index (κ3) is 4.80. The Morgan fingerprint density at radius 2 is 0.708 bits per heavy atom. The minimum atomic E-state index is 0. The largest absolute Gasteiger partial charge is 0.546 e. The summed E-state index contributed by atoms with van der Waals surface area (Å²) in [6.45, 7) is 55.6. The van der Waals surface area contributed by atoms with Crippen molar-refractivity contribution >= 4 is 0 Å². The summed E-state index contributed by atoms with van der Waals surface area (Å²) in [4.78, 5) is 0. The summed E-state index contributed by atoms with van der Waals surface area (Å²) >= 11 is 0. The van der Waals surface area contributed by atoms with E-state index in [9.17, 15) is 0 Å². The minimum Gasteiger partial charge on any atom is -0.546 e. The molecule has 1 unspecified atom stereocenters. The van der Waals surface area contributed by atoms with Crippen molar-refractivity contribution in [2.75, 3.05) is 0 Å². The Balaban J connectivity index is 0.000000193. The van der Waals surface area contributed by atoms with Crippen molar-refractivity contribution < 1.29 is 46.9 Å². The van der Waals surface area contributed by atoms with Crippen molar-refractivity contribution in [1.29, 1.82) is 0 Å². The van der Waals surface area contributed by atoms with Crippen LogP contribution >= 0.6 is 0 Å². The van der Waals surface area contributed by atoms with Crippen molar-refractivity contribution in [1.82, 2.24) is 0 Å². The first-order valence-corrected chi connectivity index (χ1v) is 18.7. The van der Waals surface area contributed by atoms with Gasteiger partial charge in [0.05, 0.1) is 24.4 Å². The minimum absolute atomic E-state index is 0. The molecule has 0 aromatic heterocycles.